The lowest BCUT2D eigenvalue weighted by Gasteiger charge is -2.37. The summed E-state index contributed by atoms with van der Waals surface area (Å²) in [6, 6.07) is 18.8. The van der Waals surface area contributed by atoms with E-state index >= 15 is 0 Å². The van der Waals surface area contributed by atoms with Gasteiger partial charge in [0.2, 0.25) is 5.91 Å². The normalized spacial score (nSPS) is 18.4. The molecule has 2 aliphatic heterocycles. The number of benzene rings is 2. The molecule has 1 spiro atoms. The summed E-state index contributed by atoms with van der Waals surface area (Å²) in [6.45, 7) is 10.1. The van der Waals surface area contributed by atoms with Crippen molar-refractivity contribution in [2.75, 3.05) is 13.1 Å². The molecule has 0 saturated carbocycles. The number of likely N-dealkylation sites (tertiary alicyclic amines) is 1. The highest BCUT2D eigenvalue weighted by Gasteiger charge is 2.43. The average molecular weight is 431 g/mol. The molecule has 0 atom stereocenters. The zero-order chi connectivity index (χ0) is 22.8. The van der Waals surface area contributed by atoms with Crippen molar-refractivity contribution in [3.05, 3.63) is 76.9 Å². The van der Waals surface area contributed by atoms with Crippen molar-refractivity contribution in [1.82, 2.24) is 4.90 Å². The van der Waals surface area contributed by atoms with Gasteiger partial charge >= 0.3 is 0 Å². The number of carbonyl (C=O) groups is 1. The SMILES string of the molecule is CCC(=Cc1ccc(C(C)(C)C)cc1)C(=O)N1CCC2(CC1)CC(c1ccccc1)=NO2. The monoisotopic (exact) mass is 430 g/mol. The van der Waals surface area contributed by atoms with Gasteiger partial charge in [0.25, 0.3) is 0 Å². The highest BCUT2D eigenvalue weighted by Crippen LogP contribution is 2.36. The third-order valence-electron chi connectivity index (χ3n) is 6.68. The van der Waals surface area contributed by atoms with Crippen molar-refractivity contribution in [2.24, 2.45) is 5.16 Å². The lowest BCUT2D eigenvalue weighted by atomic mass is 9.85. The molecule has 32 heavy (non-hydrogen) atoms. The number of amides is 1. The molecule has 1 saturated heterocycles. The molecule has 0 N–H and O–H groups in total. The van der Waals surface area contributed by atoms with Crippen LogP contribution in [0.1, 0.15) is 70.1 Å². The van der Waals surface area contributed by atoms with E-state index in [-0.39, 0.29) is 16.9 Å². The maximum Gasteiger partial charge on any atom is 0.249 e. The van der Waals surface area contributed by atoms with Crippen LogP contribution in [-0.4, -0.2) is 35.2 Å². The molecular formula is C28H34N2O2. The van der Waals surface area contributed by atoms with Crippen LogP contribution in [0.4, 0.5) is 0 Å². The van der Waals surface area contributed by atoms with Crippen LogP contribution in [0.3, 0.4) is 0 Å². The Balaban J connectivity index is 1.39. The first-order valence-electron chi connectivity index (χ1n) is 11.7. The first-order chi connectivity index (χ1) is 15.3. The number of hydrogen-bond donors (Lipinski definition) is 0. The van der Waals surface area contributed by atoms with Crippen LogP contribution in [0.2, 0.25) is 0 Å². The topological polar surface area (TPSA) is 41.9 Å². The van der Waals surface area contributed by atoms with Gasteiger partial charge in [-0.1, -0.05) is 87.4 Å². The molecule has 0 aliphatic carbocycles. The van der Waals surface area contributed by atoms with E-state index in [9.17, 15) is 4.79 Å². The van der Waals surface area contributed by atoms with E-state index < -0.39 is 0 Å². The molecule has 2 aromatic rings. The fourth-order valence-corrected chi connectivity index (χ4v) is 4.49. The first-order valence-corrected chi connectivity index (χ1v) is 11.7. The van der Waals surface area contributed by atoms with Crippen LogP contribution in [0.15, 0.2) is 65.3 Å². The van der Waals surface area contributed by atoms with Crippen molar-refractivity contribution in [1.29, 1.82) is 0 Å². The highest BCUT2D eigenvalue weighted by molar-refractivity contribution is 6.01. The molecule has 168 valence electrons. The summed E-state index contributed by atoms with van der Waals surface area (Å²) >= 11 is 0. The lowest BCUT2D eigenvalue weighted by molar-refractivity contribution is -0.132. The molecule has 4 heteroatoms. The van der Waals surface area contributed by atoms with Gasteiger partial charge in [0, 0.05) is 37.9 Å². The van der Waals surface area contributed by atoms with E-state index in [1.807, 2.05) is 29.2 Å². The Hall–Kier alpha value is -2.88. The second-order valence-corrected chi connectivity index (χ2v) is 10.0. The quantitative estimate of drug-likeness (QED) is 0.561. The molecule has 4 rings (SSSR count). The summed E-state index contributed by atoms with van der Waals surface area (Å²) in [6.07, 6.45) is 5.21. The van der Waals surface area contributed by atoms with Crippen LogP contribution in [-0.2, 0) is 15.0 Å². The smallest absolute Gasteiger partial charge is 0.249 e. The molecule has 1 fully saturated rings. The van der Waals surface area contributed by atoms with E-state index in [2.05, 4.69) is 69.2 Å². The van der Waals surface area contributed by atoms with Gasteiger partial charge in [-0.2, -0.15) is 0 Å². The standard InChI is InChI=1S/C28H34N2O2/c1-5-22(19-21-11-13-24(14-12-21)27(2,3)4)26(31)30-17-15-28(16-18-30)20-25(29-32-28)23-9-7-6-8-10-23/h6-14,19H,5,15-18,20H2,1-4H3. The van der Waals surface area contributed by atoms with Crippen molar-refractivity contribution in [2.45, 2.75) is 64.4 Å². The number of rotatable bonds is 4. The number of carbonyl (C=O) groups excluding carboxylic acids is 1. The Labute approximate surface area is 192 Å². The van der Waals surface area contributed by atoms with Crippen molar-refractivity contribution in [3.63, 3.8) is 0 Å². The number of hydrogen-bond acceptors (Lipinski definition) is 3. The van der Waals surface area contributed by atoms with E-state index in [4.69, 9.17) is 4.84 Å². The minimum atomic E-state index is -0.263. The number of piperidine rings is 1. The van der Waals surface area contributed by atoms with Crippen LogP contribution in [0.5, 0.6) is 0 Å². The van der Waals surface area contributed by atoms with E-state index in [0.717, 1.165) is 48.1 Å². The first kappa shape index (κ1) is 22.3. The maximum atomic E-state index is 13.2. The maximum absolute atomic E-state index is 13.2. The zero-order valence-electron chi connectivity index (χ0n) is 19.7. The van der Waals surface area contributed by atoms with Crippen molar-refractivity contribution < 1.29 is 9.63 Å². The highest BCUT2D eigenvalue weighted by atomic mass is 16.7. The molecule has 2 heterocycles. The Morgan fingerprint density at radius 2 is 1.72 bits per heavy atom. The third-order valence-corrected chi connectivity index (χ3v) is 6.68. The minimum Gasteiger partial charge on any atom is -0.388 e. The second-order valence-electron chi connectivity index (χ2n) is 10.0. The summed E-state index contributed by atoms with van der Waals surface area (Å²) in [5, 5.41) is 4.39. The Bertz CT molecular complexity index is 1010. The van der Waals surface area contributed by atoms with Crippen LogP contribution in [0, 0.1) is 0 Å². The molecule has 0 aromatic heterocycles. The van der Waals surface area contributed by atoms with Gasteiger partial charge in [0.15, 0.2) is 0 Å². The molecule has 0 radical (unpaired) electrons. The van der Waals surface area contributed by atoms with Gasteiger partial charge in [-0.25, -0.2) is 0 Å². The summed E-state index contributed by atoms with van der Waals surface area (Å²) in [4.78, 5) is 21.2. The van der Waals surface area contributed by atoms with Gasteiger partial charge in [-0.15, -0.1) is 0 Å². The lowest BCUT2D eigenvalue weighted by Crippen LogP contribution is -2.47. The van der Waals surface area contributed by atoms with Crippen LogP contribution in [0.25, 0.3) is 6.08 Å². The van der Waals surface area contributed by atoms with Gasteiger partial charge in [0.1, 0.15) is 5.60 Å². The molecule has 0 unspecified atom stereocenters. The molecule has 2 aromatic carbocycles. The minimum absolute atomic E-state index is 0.127. The summed E-state index contributed by atoms with van der Waals surface area (Å²) in [5.41, 5.74) is 5.24. The second kappa shape index (κ2) is 8.93. The molecule has 0 bridgehead atoms. The van der Waals surface area contributed by atoms with Crippen molar-refractivity contribution in [3.8, 4) is 0 Å². The van der Waals surface area contributed by atoms with Gasteiger partial charge in [0.05, 0.1) is 5.71 Å². The summed E-state index contributed by atoms with van der Waals surface area (Å²) < 4.78 is 0. The average Bonchev–Trinajstić information content (AvgIpc) is 3.21. The molecular weight excluding hydrogens is 396 g/mol. The van der Waals surface area contributed by atoms with Crippen LogP contribution < -0.4 is 0 Å². The fraction of sp³-hybridized carbons (Fsp3) is 0.429. The van der Waals surface area contributed by atoms with Crippen LogP contribution >= 0.6 is 0 Å². The molecule has 2 aliphatic rings. The van der Waals surface area contributed by atoms with Gasteiger partial charge in [-0.05, 0) is 34.6 Å². The summed E-state index contributed by atoms with van der Waals surface area (Å²) in [5.74, 6) is 0.143. The molecule has 4 nitrogen and oxygen atoms in total. The largest absolute Gasteiger partial charge is 0.388 e. The summed E-state index contributed by atoms with van der Waals surface area (Å²) in [7, 11) is 0. The Kier molecular flexibility index (Phi) is 6.23. The van der Waals surface area contributed by atoms with Gasteiger partial charge in [-0.3, -0.25) is 4.79 Å². The zero-order valence-corrected chi connectivity index (χ0v) is 19.7. The molecule has 1 amide bonds. The van der Waals surface area contributed by atoms with E-state index in [1.54, 1.807) is 0 Å². The Morgan fingerprint density at radius 3 is 2.31 bits per heavy atom. The predicted octanol–water partition coefficient (Wildman–Crippen LogP) is 5.96. The predicted molar refractivity (Wildman–Crippen MR) is 131 cm³/mol. The van der Waals surface area contributed by atoms with Crippen molar-refractivity contribution >= 4 is 17.7 Å². The number of nitrogens with zero attached hydrogens (tertiary/aromatic N) is 2. The fourth-order valence-electron chi connectivity index (χ4n) is 4.49. The van der Waals surface area contributed by atoms with Gasteiger partial charge < -0.3 is 9.74 Å². The number of oxime groups is 1. The van der Waals surface area contributed by atoms with E-state index in [1.165, 1.54) is 5.56 Å². The third kappa shape index (κ3) is 4.79. The van der Waals surface area contributed by atoms with E-state index in [0.29, 0.717) is 13.1 Å². The Morgan fingerprint density at radius 1 is 1.06 bits per heavy atom.